The number of amides is 1. The summed E-state index contributed by atoms with van der Waals surface area (Å²) in [5.74, 6) is 1.56. The molecule has 2 rings (SSSR count). The van der Waals surface area contributed by atoms with Gasteiger partial charge in [-0.05, 0) is 38.7 Å². The number of benzene rings is 1. The van der Waals surface area contributed by atoms with E-state index in [1.165, 1.54) is 12.8 Å². The van der Waals surface area contributed by atoms with Gasteiger partial charge in [0.2, 0.25) is 5.91 Å². The number of hydrogen-bond acceptors (Lipinski definition) is 3. The average Bonchev–Trinajstić information content (AvgIpc) is 3.11. The maximum absolute atomic E-state index is 11.7. The second kappa shape index (κ2) is 9.91. The molecular weight excluding hydrogens is 316 g/mol. The fourth-order valence-corrected chi connectivity index (χ4v) is 2.76. The van der Waals surface area contributed by atoms with Gasteiger partial charge in [-0.1, -0.05) is 18.2 Å². The van der Waals surface area contributed by atoms with Gasteiger partial charge in [0.25, 0.3) is 0 Å². The van der Waals surface area contributed by atoms with Gasteiger partial charge in [0.1, 0.15) is 5.75 Å². The molecule has 1 aliphatic rings. The Morgan fingerprint density at radius 2 is 1.96 bits per heavy atom. The van der Waals surface area contributed by atoms with Crippen molar-refractivity contribution in [3.8, 4) is 5.75 Å². The molecule has 6 heteroatoms. The minimum Gasteiger partial charge on any atom is -0.490 e. The summed E-state index contributed by atoms with van der Waals surface area (Å²) >= 11 is 0. The van der Waals surface area contributed by atoms with Gasteiger partial charge in [-0.3, -0.25) is 4.79 Å². The van der Waals surface area contributed by atoms with Crippen molar-refractivity contribution < 1.29 is 9.53 Å². The van der Waals surface area contributed by atoms with E-state index in [0.29, 0.717) is 18.6 Å². The molecule has 1 fully saturated rings. The van der Waals surface area contributed by atoms with Gasteiger partial charge in [-0.2, -0.15) is 0 Å². The number of carbonyl (C=O) groups is 1. The Bertz CT molecular complexity index is 581. The molecule has 0 aromatic heterocycles. The maximum Gasteiger partial charge on any atom is 0.241 e. The van der Waals surface area contributed by atoms with Crippen molar-refractivity contribution in [2.24, 2.45) is 4.99 Å². The molecule has 0 spiro atoms. The summed E-state index contributed by atoms with van der Waals surface area (Å²) in [5, 5.41) is 6.24. The predicted molar refractivity (Wildman–Crippen MR) is 101 cm³/mol. The SMILES string of the molecule is CCNC(=NCc1ccccc1OC1CCCC1)NCC(=O)N(C)C. The predicted octanol–water partition coefficient (Wildman–Crippen LogP) is 2.15. The van der Waals surface area contributed by atoms with E-state index in [9.17, 15) is 4.79 Å². The molecule has 0 aliphatic heterocycles. The fraction of sp³-hybridized carbons (Fsp3) is 0.579. The lowest BCUT2D eigenvalue weighted by molar-refractivity contribution is -0.127. The van der Waals surface area contributed by atoms with Gasteiger partial charge in [0.15, 0.2) is 5.96 Å². The number of nitrogens with zero attached hydrogens (tertiary/aromatic N) is 2. The van der Waals surface area contributed by atoms with Crippen LogP contribution in [0.1, 0.15) is 38.2 Å². The summed E-state index contributed by atoms with van der Waals surface area (Å²) in [7, 11) is 3.48. The number of rotatable bonds is 7. The molecule has 0 heterocycles. The standard InChI is InChI=1S/C19H30N4O2/c1-4-20-19(22-14-18(24)23(2)3)21-13-15-9-5-8-12-17(15)25-16-10-6-7-11-16/h5,8-9,12,16H,4,6-7,10-11,13-14H2,1-3H3,(H2,20,21,22). The van der Waals surface area contributed by atoms with Gasteiger partial charge in [-0.25, -0.2) is 4.99 Å². The number of likely N-dealkylation sites (N-methyl/N-ethyl adjacent to an activating group) is 1. The topological polar surface area (TPSA) is 66.0 Å². The van der Waals surface area contributed by atoms with E-state index >= 15 is 0 Å². The first-order valence-electron chi connectivity index (χ1n) is 9.07. The molecule has 138 valence electrons. The van der Waals surface area contributed by atoms with Crippen LogP contribution in [0.3, 0.4) is 0 Å². The summed E-state index contributed by atoms with van der Waals surface area (Å²) in [6.07, 6.45) is 5.09. The number of aliphatic imine (C=N–C) groups is 1. The minimum absolute atomic E-state index is 0.00979. The number of para-hydroxylation sites is 1. The number of nitrogens with one attached hydrogen (secondary N) is 2. The van der Waals surface area contributed by atoms with E-state index in [0.717, 1.165) is 30.7 Å². The number of ether oxygens (including phenoxy) is 1. The summed E-state index contributed by atoms with van der Waals surface area (Å²) in [6.45, 7) is 3.47. The molecule has 0 atom stereocenters. The summed E-state index contributed by atoms with van der Waals surface area (Å²) < 4.78 is 6.16. The van der Waals surface area contributed by atoms with Gasteiger partial charge >= 0.3 is 0 Å². The van der Waals surface area contributed by atoms with Crippen LogP contribution in [-0.2, 0) is 11.3 Å². The van der Waals surface area contributed by atoms with Crippen LogP contribution in [0.2, 0.25) is 0 Å². The Balaban J connectivity index is 1.99. The molecule has 1 aromatic carbocycles. The van der Waals surface area contributed by atoms with Crippen LogP contribution in [0.4, 0.5) is 0 Å². The van der Waals surface area contributed by atoms with Crippen molar-refractivity contribution in [3.05, 3.63) is 29.8 Å². The van der Waals surface area contributed by atoms with Crippen LogP contribution in [0.15, 0.2) is 29.3 Å². The number of carbonyl (C=O) groups excluding carboxylic acids is 1. The highest BCUT2D eigenvalue weighted by molar-refractivity contribution is 5.86. The lowest BCUT2D eigenvalue weighted by atomic mass is 10.2. The lowest BCUT2D eigenvalue weighted by Crippen LogP contribution is -2.42. The molecule has 1 aliphatic carbocycles. The Labute approximate surface area is 150 Å². The van der Waals surface area contributed by atoms with Gasteiger partial charge < -0.3 is 20.3 Å². The molecule has 25 heavy (non-hydrogen) atoms. The average molecular weight is 346 g/mol. The highest BCUT2D eigenvalue weighted by atomic mass is 16.5. The number of guanidine groups is 1. The molecular formula is C19H30N4O2. The van der Waals surface area contributed by atoms with E-state index in [1.54, 1.807) is 19.0 Å². The molecule has 6 nitrogen and oxygen atoms in total. The maximum atomic E-state index is 11.7. The summed E-state index contributed by atoms with van der Waals surface area (Å²) in [4.78, 5) is 17.9. The van der Waals surface area contributed by atoms with Crippen LogP contribution in [0.25, 0.3) is 0 Å². The van der Waals surface area contributed by atoms with Crippen LogP contribution in [-0.4, -0.2) is 50.1 Å². The van der Waals surface area contributed by atoms with Crippen molar-refractivity contribution in [1.29, 1.82) is 0 Å². The smallest absolute Gasteiger partial charge is 0.241 e. The van der Waals surface area contributed by atoms with E-state index in [-0.39, 0.29) is 12.5 Å². The highest BCUT2D eigenvalue weighted by Gasteiger charge is 2.17. The van der Waals surface area contributed by atoms with Crippen molar-refractivity contribution >= 4 is 11.9 Å². The monoisotopic (exact) mass is 346 g/mol. The Kier molecular flexibility index (Phi) is 7.57. The normalized spacial score (nSPS) is 15.1. The Hall–Kier alpha value is -2.24. The van der Waals surface area contributed by atoms with E-state index in [1.807, 2.05) is 31.2 Å². The zero-order valence-electron chi connectivity index (χ0n) is 15.5. The molecule has 0 saturated heterocycles. The van der Waals surface area contributed by atoms with Gasteiger partial charge in [0, 0.05) is 26.2 Å². The summed E-state index contributed by atoms with van der Waals surface area (Å²) in [5.41, 5.74) is 1.06. The third-order valence-corrected chi connectivity index (χ3v) is 4.23. The lowest BCUT2D eigenvalue weighted by Gasteiger charge is -2.17. The summed E-state index contributed by atoms with van der Waals surface area (Å²) in [6, 6.07) is 8.06. The number of hydrogen-bond donors (Lipinski definition) is 2. The largest absolute Gasteiger partial charge is 0.490 e. The molecule has 0 bridgehead atoms. The second-order valence-corrected chi connectivity index (χ2v) is 6.47. The van der Waals surface area contributed by atoms with Crippen LogP contribution >= 0.6 is 0 Å². The van der Waals surface area contributed by atoms with Crippen molar-refractivity contribution in [2.45, 2.75) is 45.3 Å². The zero-order valence-corrected chi connectivity index (χ0v) is 15.5. The van der Waals surface area contributed by atoms with Crippen LogP contribution in [0.5, 0.6) is 5.75 Å². The third kappa shape index (κ3) is 6.29. The van der Waals surface area contributed by atoms with Gasteiger partial charge in [-0.15, -0.1) is 0 Å². The minimum atomic E-state index is 0.00979. The molecule has 0 unspecified atom stereocenters. The Morgan fingerprint density at radius 3 is 2.64 bits per heavy atom. The van der Waals surface area contributed by atoms with Crippen molar-refractivity contribution in [1.82, 2.24) is 15.5 Å². The molecule has 0 radical (unpaired) electrons. The quantitative estimate of drug-likeness (QED) is 0.586. The molecule has 1 saturated carbocycles. The zero-order chi connectivity index (χ0) is 18.1. The van der Waals surface area contributed by atoms with E-state index < -0.39 is 0 Å². The van der Waals surface area contributed by atoms with Crippen LogP contribution < -0.4 is 15.4 Å². The fourth-order valence-electron chi connectivity index (χ4n) is 2.76. The first kappa shape index (κ1) is 19.1. The highest BCUT2D eigenvalue weighted by Crippen LogP contribution is 2.26. The van der Waals surface area contributed by atoms with Crippen molar-refractivity contribution in [2.75, 3.05) is 27.2 Å². The molecule has 1 amide bonds. The molecule has 2 N–H and O–H groups in total. The second-order valence-electron chi connectivity index (χ2n) is 6.47. The van der Waals surface area contributed by atoms with Crippen molar-refractivity contribution in [3.63, 3.8) is 0 Å². The van der Waals surface area contributed by atoms with E-state index in [2.05, 4.69) is 15.6 Å². The first-order valence-corrected chi connectivity index (χ1v) is 9.07. The third-order valence-electron chi connectivity index (χ3n) is 4.23. The van der Waals surface area contributed by atoms with E-state index in [4.69, 9.17) is 4.74 Å². The van der Waals surface area contributed by atoms with Gasteiger partial charge in [0.05, 0.1) is 19.2 Å². The Morgan fingerprint density at radius 1 is 1.24 bits per heavy atom. The van der Waals surface area contributed by atoms with Crippen LogP contribution in [0, 0.1) is 0 Å². The molecule has 1 aromatic rings. The first-order chi connectivity index (χ1) is 12.1.